The van der Waals surface area contributed by atoms with E-state index < -0.39 is 0 Å². The van der Waals surface area contributed by atoms with Crippen molar-refractivity contribution < 1.29 is 0 Å². The molecule has 0 radical (unpaired) electrons. The van der Waals surface area contributed by atoms with Crippen molar-refractivity contribution >= 4 is 11.6 Å². The third-order valence-corrected chi connectivity index (χ3v) is 2.15. The molecule has 1 aromatic carbocycles. The van der Waals surface area contributed by atoms with Gasteiger partial charge in [-0.25, -0.2) is 4.98 Å². The van der Waals surface area contributed by atoms with E-state index >= 15 is 0 Å². The van der Waals surface area contributed by atoms with Crippen molar-refractivity contribution in [1.82, 2.24) is 15.2 Å². The van der Waals surface area contributed by atoms with E-state index in [1.807, 2.05) is 18.2 Å². The standard InChI is InChI=1S/C10H10ClN3/c11-7-10-12-9(13-14-10)6-8-4-2-1-3-5-8/h1-5H,6-7H2,(H,12,13,14). The van der Waals surface area contributed by atoms with Gasteiger partial charge in [-0.3, -0.25) is 5.10 Å². The summed E-state index contributed by atoms with van der Waals surface area (Å²) in [5.41, 5.74) is 1.21. The van der Waals surface area contributed by atoms with Crippen LogP contribution in [0.5, 0.6) is 0 Å². The van der Waals surface area contributed by atoms with Crippen molar-refractivity contribution in [2.24, 2.45) is 0 Å². The fraction of sp³-hybridized carbons (Fsp3) is 0.200. The lowest BCUT2D eigenvalue weighted by molar-refractivity contribution is 0.968. The van der Waals surface area contributed by atoms with Crippen LogP contribution in [0, 0.1) is 0 Å². The molecule has 0 aliphatic heterocycles. The van der Waals surface area contributed by atoms with E-state index in [2.05, 4.69) is 27.3 Å². The van der Waals surface area contributed by atoms with Gasteiger partial charge in [0.2, 0.25) is 0 Å². The Labute approximate surface area is 87.1 Å². The maximum absolute atomic E-state index is 5.60. The lowest BCUT2D eigenvalue weighted by Gasteiger charge is -1.95. The normalized spacial score (nSPS) is 10.4. The smallest absolute Gasteiger partial charge is 0.165 e. The van der Waals surface area contributed by atoms with Crippen molar-refractivity contribution in [3.05, 3.63) is 47.5 Å². The zero-order valence-corrected chi connectivity index (χ0v) is 8.33. The molecule has 0 spiro atoms. The largest absolute Gasteiger partial charge is 0.263 e. The Hall–Kier alpha value is -1.35. The molecule has 0 aliphatic rings. The number of alkyl halides is 1. The van der Waals surface area contributed by atoms with Crippen LogP contribution in [-0.2, 0) is 12.3 Å². The van der Waals surface area contributed by atoms with Crippen molar-refractivity contribution in [3.63, 3.8) is 0 Å². The molecule has 0 amide bonds. The van der Waals surface area contributed by atoms with E-state index in [4.69, 9.17) is 11.6 Å². The monoisotopic (exact) mass is 207 g/mol. The number of aromatic nitrogens is 3. The Balaban J connectivity index is 2.11. The summed E-state index contributed by atoms with van der Waals surface area (Å²) in [6.07, 6.45) is 0.769. The fourth-order valence-corrected chi connectivity index (χ4v) is 1.38. The highest BCUT2D eigenvalue weighted by Crippen LogP contribution is 2.05. The van der Waals surface area contributed by atoms with Gasteiger partial charge in [-0.2, -0.15) is 5.10 Å². The molecule has 0 unspecified atom stereocenters. The molecule has 0 saturated heterocycles. The van der Waals surface area contributed by atoms with E-state index in [1.54, 1.807) is 0 Å². The van der Waals surface area contributed by atoms with Crippen molar-refractivity contribution in [2.45, 2.75) is 12.3 Å². The van der Waals surface area contributed by atoms with Gasteiger partial charge >= 0.3 is 0 Å². The van der Waals surface area contributed by atoms with Gasteiger partial charge in [-0.1, -0.05) is 30.3 Å². The number of hydrogen-bond acceptors (Lipinski definition) is 2. The number of H-pyrrole nitrogens is 1. The number of rotatable bonds is 3. The molecule has 72 valence electrons. The van der Waals surface area contributed by atoms with Crippen LogP contribution < -0.4 is 0 Å². The van der Waals surface area contributed by atoms with E-state index in [0.717, 1.165) is 12.2 Å². The van der Waals surface area contributed by atoms with Gasteiger partial charge in [-0.05, 0) is 5.56 Å². The molecule has 0 fully saturated rings. The number of hydrogen-bond donors (Lipinski definition) is 1. The summed E-state index contributed by atoms with van der Waals surface area (Å²) in [6, 6.07) is 10.1. The lowest BCUT2D eigenvalue weighted by Crippen LogP contribution is -1.90. The van der Waals surface area contributed by atoms with E-state index in [-0.39, 0.29) is 0 Å². The summed E-state index contributed by atoms with van der Waals surface area (Å²) < 4.78 is 0. The molecule has 4 heteroatoms. The first-order valence-corrected chi connectivity index (χ1v) is 4.92. The Morgan fingerprint density at radius 2 is 2.00 bits per heavy atom. The molecule has 0 aliphatic carbocycles. The first-order chi connectivity index (χ1) is 6.88. The number of nitrogens with one attached hydrogen (secondary N) is 1. The minimum atomic E-state index is 0.352. The second-order valence-electron chi connectivity index (χ2n) is 2.99. The zero-order valence-electron chi connectivity index (χ0n) is 7.57. The summed E-state index contributed by atoms with van der Waals surface area (Å²) in [6.45, 7) is 0. The van der Waals surface area contributed by atoms with Gasteiger partial charge in [0.15, 0.2) is 5.82 Å². The lowest BCUT2D eigenvalue weighted by atomic mass is 10.1. The molecule has 0 saturated carbocycles. The maximum atomic E-state index is 5.60. The number of benzene rings is 1. The highest BCUT2D eigenvalue weighted by atomic mass is 35.5. The van der Waals surface area contributed by atoms with E-state index in [1.165, 1.54) is 5.56 Å². The van der Waals surface area contributed by atoms with Crippen LogP contribution in [0.2, 0.25) is 0 Å². The van der Waals surface area contributed by atoms with Crippen LogP contribution in [0.25, 0.3) is 0 Å². The second kappa shape index (κ2) is 4.24. The highest BCUT2D eigenvalue weighted by Gasteiger charge is 2.01. The van der Waals surface area contributed by atoms with Gasteiger partial charge in [0.25, 0.3) is 0 Å². The summed E-state index contributed by atoms with van der Waals surface area (Å²) in [4.78, 5) is 4.23. The fourth-order valence-electron chi connectivity index (χ4n) is 1.26. The Morgan fingerprint density at radius 3 is 2.64 bits per heavy atom. The summed E-state index contributed by atoms with van der Waals surface area (Å²) in [7, 11) is 0. The van der Waals surface area contributed by atoms with Crippen LogP contribution in [0.3, 0.4) is 0 Å². The van der Waals surface area contributed by atoms with Gasteiger partial charge in [0, 0.05) is 6.42 Å². The Kier molecular flexibility index (Phi) is 2.79. The van der Waals surface area contributed by atoms with Crippen molar-refractivity contribution in [3.8, 4) is 0 Å². The van der Waals surface area contributed by atoms with Crippen LogP contribution in [-0.4, -0.2) is 15.2 Å². The Morgan fingerprint density at radius 1 is 1.21 bits per heavy atom. The Bertz CT molecular complexity index is 397. The number of halogens is 1. The molecule has 2 rings (SSSR count). The van der Waals surface area contributed by atoms with Gasteiger partial charge < -0.3 is 0 Å². The number of nitrogens with zero attached hydrogens (tertiary/aromatic N) is 2. The van der Waals surface area contributed by atoms with Gasteiger partial charge in [0.05, 0.1) is 5.88 Å². The summed E-state index contributed by atoms with van der Waals surface area (Å²) in [5.74, 6) is 1.86. The third-order valence-electron chi connectivity index (χ3n) is 1.91. The van der Waals surface area contributed by atoms with Crippen LogP contribution in [0.15, 0.2) is 30.3 Å². The first-order valence-electron chi connectivity index (χ1n) is 4.38. The van der Waals surface area contributed by atoms with Crippen LogP contribution in [0.1, 0.15) is 17.2 Å². The zero-order chi connectivity index (χ0) is 9.80. The highest BCUT2D eigenvalue weighted by molar-refractivity contribution is 6.16. The second-order valence-corrected chi connectivity index (χ2v) is 3.26. The molecule has 1 N–H and O–H groups in total. The third kappa shape index (κ3) is 2.12. The van der Waals surface area contributed by atoms with Crippen LogP contribution in [0.4, 0.5) is 0 Å². The molecule has 1 heterocycles. The topological polar surface area (TPSA) is 41.6 Å². The first kappa shape index (κ1) is 9.21. The van der Waals surface area contributed by atoms with E-state index in [9.17, 15) is 0 Å². The number of aromatic amines is 1. The van der Waals surface area contributed by atoms with E-state index in [0.29, 0.717) is 11.7 Å². The molecule has 0 atom stereocenters. The molecule has 0 bridgehead atoms. The maximum Gasteiger partial charge on any atom is 0.165 e. The van der Waals surface area contributed by atoms with Crippen LogP contribution >= 0.6 is 11.6 Å². The molecule has 1 aromatic heterocycles. The molecule has 14 heavy (non-hydrogen) atoms. The SMILES string of the molecule is ClCc1n[nH]c(Cc2ccccc2)n1. The van der Waals surface area contributed by atoms with Crippen molar-refractivity contribution in [1.29, 1.82) is 0 Å². The minimum absolute atomic E-state index is 0.352. The van der Waals surface area contributed by atoms with Gasteiger partial charge in [0.1, 0.15) is 5.82 Å². The summed E-state index contributed by atoms with van der Waals surface area (Å²) >= 11 is 5.60. The quantitative estimate of drug-likeness (QED) is 0.784. The molecular weight excluding hydrogens is 198 g/mol. The average molecular weight is 208 g/mol. The average Bonchev–Trinajstić information content (AvgIpc) is 2.67. The minimum Gasteiger partial charge on any atom is -0.263 e. The van der Waals surface area contributed by atoms with Crippen molar-refractivity contribution in [2.75, 3.05) is 0 Å². The summed E-state index contributed by atoms with van der Waals surface area (Å²) in [5, 5.41) is 6.82. The van der Waals surface area contributed by atoms with Gasteiger partial charge in [-0.15, -0.1) is 11.6 Å². The molecule has 2 aromatic rings. The molecule has 3 nitrogen and oxygen atoms in total. The predicted octanol–water partition coefficient (Wildman–Crippen LogP) is 2.13. The predicted molar refractivity (Wildman–Crippen MR) is 55.2 cm³/mol. The molecular formula is C10H10ClN3.